The van der Waals surface area contributed by atoms with Gasteiger partial charge in [-0.1, -0.05) is 18.2 Å². The number of ether oxygens (including phenoxy) is 1. The minimum Gasteiger partial charge on any atom is -0.444 e. The molecule has 1 saturated heterocycles. The molecule has 5 nitrogen and oxygen atoms in total. The fraction of sp³-hybridized carbons (Fsp3) is 0.500. The number of carbonyl (C=O) groups is 2. The molecule has 0 aromatic heterocycles. The second-order valence-corrected chi connectivity index (χ2v) is 6.66. The van der Waals surface area contributed by atoms with E-state index in [0.29, 0.717) is 18.7 Å². The van der Waals surface area contributed by atoms with Crippen molar-refractivity contribution in [3.8, 4) is 0 Å². The van der Waals surface area contributed by atoms with Gasteiger partial charge in [0.15, 0.2) is 0 Å². The van der Waals surface area contributed by atoms with Crippen LogP contribution in [0.2, 0.25) is 0 Å². The van der Waals surface area contributed by atoms with Crippen LogP contribution in [0.3, 0.4) is 0 Å². The maximum absolute atomic E-state index is 12.2. The molecule has 1 fully saturated rings. The average Bonchev–Trinajstić information content (AvgIpc) is 2.81. The van der Waals surface area contributed by atoms with Crippen LogP contribution in [0, 0.1) is 0 Å². The predicted molar refractivity (Wildman–Crippen MR) is 78.2 cm³/mol. The summed E-state index contributed by atoms with van der Waals surface area (Å²) in [5.41, 5.74) is 1.23. The van der Waals surface area contributed by atoms with Crippen molar-refractivity contribution in [2.75, 3.05) is 13.1 Å². The summed E-state index contributed by atoms with van der Waals surface area (Å²) >= 11 is 0. The summed E-state index contributed by atoms with van der Waals surface area (Å²) in [6.07, 6.45) is -0.316. The van der Waals surface area contributed by atoms with E-state index in [-0.39, 0.29) is 24.0 Å². The normalized spacial score (nSPS) is 24.1. The van der Waals surface area contributed by atoms with Gasteiger partial charge < -0.3 is 15.0 Å². The van der Waals surface area contributed by atoms with Crippen LogP contribution in [0.15, 0.2) is 24.3 Å². The average molecular weight is 288 g/mol. The predicted octanol–water partition coefficient (Wildman–Crippen LogP) is 2.13. The third kappa shape index (κ3) is 2.60. The first-order chi connectivity index (χ1) is 9.85. The molecule has 21 heavy (non-hydrogen) atoms. The lowest BCUT2D eigenvalue weighted by Crippen LogP contribution is -2.44. The molecule has 1 aromatic rings. The molecule has 0 bridgehead atoms. The minimum atomic E-state index is -0.508. The van der Waals surface area contributed by atoms with Crippen molar-refractivity contribution in [1.29, 1.82) is 0 Å². The molecule has 2 heterocycles. The summed E-state index contributed by atoms with van der Waals surface area (Å²) < 4.78 is 5.42. The number of fused-ring (bicyclic) bond motifs is 3. The highest BCUT2D eigenvalue weighted by atomic mass is 16.6. The van der Waals surface area contributed by atoms with E-state index < -0.39 is 5.60 Å². The van der Waals surface area contributed by atoms with Gasteiger partial charge in [0.1, 0.15) is 5.60 Å². The number of carbonyl (C=O) groups excluding carboxylic acids is 2. The molecule has 0 saturated carbocycles. The van der Waals surface area contributed by atoms with Crippen LogP contribution in [0.25, 0.3) is 0 Å². The van der Waals surface area contributed by atoms with Crippen LogP contribution < -0.4 is 5.32 Å². The van der Waals surface area contributed by atoms with Crippen molar-refractivity contribution in [2.24, 2.45) is 0 Å². The van der Waals surface area contributed by atoms with Gasteiger partial charge in [0.25, 0.3) is 5.91 Å². The second kappa shape index (κ2) is 4.76. The molecule has 2 aliphatic heterocycles. The fourth-order valence-electron chi connectivity index (χ4n) is 3.01. The van der Waals surface area contributed by atoms with Crippen LogP contribution in [0.5, 0.6) is 0 Å². The van der Waals surface area contributed by atoms with Gasteiger partial charge in [-0.25, -0.2) is 4.79 Å². The van der Waals surface area contributed by atoms with E-state index >= 15 is 0 Å². The van der Waals surface area contributed by atoms with Crippen LogP contribution in [0.1, 0.15) is 42.6 Å². The zero-order valence-corrected chi connectivity index (χ0v) is 12.6. The van der Waals surface area contributed by atoms with Gasteiger partial charge >= 0.3 is 6.09 Å². The van der Waals surface area contributed by atoms with E-state index in [1.54, 1.807) is 4.90 Å². The van der Waals surface area contributed by atoms with E-state index in [1.807, 2.05) is 45.0 Å². The summed E-state index contributed by atoms with van der Waals surface area (Å²) in [6, 6.07) is 7.57. The highest BCUT2D eigenvalue weighted by Gasteiger charge is 2.42. The Morgan fingerprint density at radius 2 is 2.00 bits per heavy atom. The maximum atomic E-state index is 12.2. The number of amides is 2. The Kier molecular flexibility index (Phi) is 3.15. The molecule has 112 valence electrons. The number of likely N-dealkylation sites (tertiary alicyclic amines) is 1. The smallest absolute Gasteiger partial charge is 0.410 e. The van der Waals surface area contributed by atoms with Crippen molar-refractivity contribution in [3.63, 3.8) is 0 Å². The Morgan fingerprint density at radius 1 is 1.29 bits per heavy atom. The topological polar surface area (TPSA) is 58.6 Å². The number of nitrogens with zero attached hydrogens (tertiary/aromatic N) is 1. The van der Waals surface area contributed by atoms with Gasteiger partial charge in [0.2, 0.25) is 0 Å². The lowest BCUT2D eigenvalue weighted by atomic mass is 9.86. The van der Waals surface area contributed by atoms with Crippen molar-refractivity contribution in [3.05, 3.63) is 35.4 Å². The van der Waals surface area contributed by atoms with E-state index in [0.717, 1.165) is 5.56 Å². The monoisotopic (exact) mass is 288 g/mol. The van der Waals surface area contributed by atoms with Crippen molar-refractivity contribution in [1.82, 2.24) is 10.2 Å². The molecule has 0 radical (unpaired) electrons. The summed E-state index contributed by atoms with van der Waals surface area (Å²) in [4.78, 5) is 26.0. The molecule has 5 heteroatoms. The maximum Gasteiger partial charge on any atom is 0.410 e. The Morgan fingerprint density at radius 3 is 2.71 bits per heavy atom. The molecule has 0 unspecified atom stereocenters. The van der Waals surface area contributed by atoms with Gasteiger partial charge in [-0.2, -0.15) is 0 Å². The number of hydrogen-bond donors (Lipinski definition) is 1. The molecule has 3 rings (SSSR count). The minimum absolute atomic E-state index is 0.0279. The Balaban J connectivity index is 1.81. The summed E-state index contributed by atoms with van der Waals surface area (Å²) in [6.45, 7) is 6.64. The van der Waals surface area contributed by atoms with Gasteiger partial charge in [-0.05, 0) is 32.4 Å². The molecule has 2 aliphatic rings. The number of nitrogens with one attached hydrogen (secondary N) is 1. The largest absolute Gasteiger partial charge is 0.444 e. The Labute approximate surface area is 124 Å². The molecular formula is C16H20N2O3. The van der Waals surface area contributed by atoms with E-state index in [2.05, 4.69) is 5.32 Å². The van der Waals surface area contributed by atoms with E-state index in [1.165, 1.54) is 0 Å². The molecular weight excluding hydrogens is 268 g/mol. The fourth-order valence-corrected chi connectivity index (χ4v) is 3.01. The third-order valence-corrected chi connectivity index (χ3v) is 3.89. The lowest BCUT2D eigenvalue weighted by Gasteiger charge is -2.27. The van der Waals surface area contributed by atoms with Gasteiger partial charge in [-0.3, -0.25) is 4.79 Å². The van der Waals surface area contributed by atoms with Crippen LogP contribution >= 0.6 is 0 Å². The summed E-state index contributed by atoms with van der Waals surface area (Å²) in [5, 5.41) is 2.99. The SMILES string of the molecule is CC(C)(C)OC(=O)N1C[C@@H]2NC(=O)c3ccccc3[C@H]2C1. The highest BCUT2D eigenvalue weighted by molar-refractivity contribution is 5.97. The van der Waals surface area contributed by atoms with Crippen molar-refractivity contribution < 1.29 is 14.3 Å². The molecule has 0 spiro atoms. The van der Waals surface area contributed by atoms with Crippen LogP contribution in [-0.4, -0.2) is 41.6 Å². The van der Waals surface area contributed by atoms with Gasteiger partial charge in [0, 0.05) is 24.6 Å². The summed E-state index contributed by atoms with van der Waals surface area (Å²) in [7, 11) is 0. The van der Waals surface area contributed by atoms with Crippen molar-refractivity contribution >= 4 is 12.0 Å². The first-order valence-electron chi connectivity index (χ1n) is 7.23. The number of benzene rings is 1. The zero-order valence-electron chi connectivity index (χ0n) is 12.6. The lowest BCUT2D eigenvalue weighted by molar-refractivity contribution is 0.0288. The van der Waals surface area contributed by atoms with Gasteiger partial charge in [-0.15, -0.1) is 0 Å². The molecule has 1 aromatic carbocycles. The molecule has 1 N–H and O–H groups in total. The second-order valence-electron chi connectivity index (χ2n) is 6.66. The Hall–Kier alpha value is -2.04. The van der Waals surface area contributed by atoms with E-state index in [9.17, 15) is 9.59 Å². The van der Waals surface area contributed by atoms with Crippen LogP contribution in [-0.2, 0) is 4.74 Å². The van der Waals surface area contributed by atoms with Crippen LogP contribution in [0.4, 0.5) is 4.79 Å². The molecule has 0 aliphatic carbocycles. The standard InChI is InChI=1S/C16H20N2O3/c1-16(2,3)21-15(20)18-8-12-10-6-4-5-7-11(10)14(19)17-13(12)9-18/h4-7,12-13H,8-9H2,1-3H3,(H,17,19)/t12-,13+/m1/s1. The Bertz CT molecular complexity index is 591. The van der Waals surface area contributed by atoms with E-state index in [4.69, 9.17) is 4.74 Å². The van der Waals surface area contributed by atoms with Gasteiger partial charge in [0.05, 0.1) is 6.04 Å². The molecule has 2 atom stereocenters. The number of rotatable bonds is 0. The first-order valence-corrected chi connectivity index (χ1v) is 7.23. The molecule has 2 amide bonds. The first kappa shape index (κ1) is 13.9. The highest BCUT2D eigenvalue weighted by Crippen LogP contribution is 2.34. The number of hydrogen-bond acceptors (Lipinski definition) is 3. The third-order valence-electron chi connectivity index (χ3n) is 3.89. The summed E-state index contributed by atoms with van der Waals surface area (Å²) in [5.74, 6) is 0.0873. The van der Waals surface area contributed by atoms with Crippen molar-refractivity contribution in [2.45, 2.75) is 38.3 Å². The zero-order chi connectivity index (χ0) is 15.2. The quantitative estimate of drug-likeness (QED) is 0.795.